The van der Waals surface area contributed by atoms with Crippen molar-refractivity contribution in [1.29, 1.82) is 0 Å². The fourth-order valence-corrected chi connectivity index (χ4v) is 4.56. The molecule has 1 aromatic carbocycles. The molecule has 3 aromatic rings. The monoisotopic (exact) mass is 501 g/mol. The molecule has 1 fully saturated rings. The van der Waals surface area contributed by atoms with Crippen LogP contribution >= 0.6 is 0 Å². The molecule has 4 N–H and O–H groups in total. The minimum atomic E-state index is -0.224. The number of likely N-dealkylation sites (N-methyl/N-ethyl adjacent to an activating group) is 1. The number of rotatable bonds is 7. The number of allylic oxidation sites excluding steroid dienone is 2. The number of fused-ring (bicyclic) bond motifs is 1. The van der Waals surface area contributed by atoms with Gasteiger partial charge in [0, 0.05) is 50.1 Å². The van der Waals surface area contributed by atoms with Gasteiger partial charge in [-0.3, -0.25) is 9.36 Å². The van der Waals surface area contributed by atoms with Crippen molar-refractivity contribution < 1.29 is 9.53 Å². The number of piperazine rings is 1. The van der Waals surface area contributed by atoms with Crippen molar-refractivity contribution in [3.63, 3.8) is 0 Å². The predicted molar refractivity (Wildman–Crippen MR) is 146 cm³/mol. The molecule has 1 unspecified atom stereocenters. The quantitative estimate of drug-likeness (QED) is 0.418. The van der Waals surface area contributed by atoms with Crippen LogP contribution in [-0.4, -0.2) is 76.7 Å². The lowest BCUT2D eigenvalue weighted by molar-refractivity contribution is -0.116. The van der Waals surface area contributed by atoms with Crippen molar-refractivity contribution in [3.8, 4) is 5.75 Å². The molecule has 2 aromatic heterocycles. The Morgan fingerprint density at radius 2 is 2.05 bits per heavy atom. The highest BCUT2D eigenvalue weighted by atomic mass is 16.5. The molecular weight excluding hydrogens is 470 g/mol. The highest BCUT2D eigenvalue weighted by molar-refractivity contribution is 5.88. The lowest BCUT2D eigenvalue weighted by Gasteiger charge is -2.34. The number of aromatic nitrogens is 4. The average Bonchev–Trinajstić information content (AvgIpc) is 3.34. The molecule has 3 heterocycles. The van der Waals surface area contributed by atoms with E-state index in [1.165, 1.54) is 6.08 Å². The lowest BCUT2D eigenvalue weighted by atomic mass is 10.1. The Balaban J connectivity index is 1.40. The molecule has 192 valence electrons. The molecule has 2 aliphatic rings. The molecule has 11 nitrogen and oxygen atoms in total. The lowest BCUT2D eigenvalue weighted by Crippen LogP contribution is -2.44. The molecule has 1 saturated heterocycles. The topological polar surface area (TPSA) is 126 Å². The van der Waals surface area contributed by atoms with Gasteiger partial charge in [0.05, 0.1) is 18.8 Å². The number of nitrogen functional groups attached to an aromatic ring is 1. The summed E-state index contributed by atoms with van der Waals surface area (Å²) in [5.74, 6) is 1.18. The second-order valence-corrected chi connectivity index (χ2v) is 9.09. The van der Waals surface area contributed by atoms with E-state index in [-0.39, 0.29) is 17.8 Å². The summed E-state index contributed by atoms with van der Waals surface area (Å²) in [7, 11) is 3.81. The fraction of sp³-hybridized carbons (Fsp3) is 0.308. The minimum absolute atomic E-state index is 0.161. The third kappa shape index (κ3) is 5.12. The van der Waals surface area contributed by atoms with E-state index >= 15 is 0 Å². The van der Waals surface area contributed by atoms with Gasteiger partial charge in [-0.25, -0.2) is 4.98 Å². The van der Waals surface area contributed by atoms with E-state index in [9.17, 15) is 4.79 Å². The molecule has 11 heteroatoms. The van der Waals surface area contributed by atoms with Crippen LogP contribution in [0.3, 0.4) is 0 Å². The molecule has 1 aliphatic carbocycles. The zero-order chi connectivity index (χ0) is 25.9. The smallest absolute Gasteiger partial charge is 0.243 e. The first-order valence-electron chi connectivity index (χ1n) is 12.1. The predicted octanol–water partition coefficient (Wildman–Crippen LogP) is 2.38. The van der Waals surface area contributed by atoms with E-state index in [2.05, 4.69) is 50.1 Å². The number of amides is 1. The van der Waals surface area contributed by atoms with Gasteiger partial charge in [-0.2, -0.15) is 9.97 Å². The van der Waals surface area contributed by atoms with Crippen LogP contribution in [0.15, 0.2) is 55.4 Å². The number of carbonyl (C=O) groups is 1. The number of nitrogens with two attached hydrogens (primary N) is 1. The van der Waals surface area contributed by atoms with Crippen molar-refractivity contribution in [2.24, 2.45) is 0 Å². The first-order valence-corrected chi connectivity index (χ1v) is 12.1. The highest BCUT2D eigenvalue weighted by Gasteiger charge is 2.20. The zero-order valence-electron chi connectivity index (χ0n) is 21.0. The first kappa shape index (κ1) is 24.3. The molecule has 0 radical (unpaired) electrons. The van der Waals surface area contributed by atoms with Crippen molar-refractivity contribution in [2.45, 2.75) is 12.5 Å². The Labute approximate surface area is 215 Å². The van der Waals surface area contributed by atoms with E-state index in [1.807, 2.05) is 34.9 Å². The van der Waals surface area contributed by atoms with Gasteiger partial charge >= 0.3 is 0 Å². The second kappa shape index (κ2) is 10.3. The first-order chi connectivity index (χ1) is 17.9. The largest absolute Gasteiger partial charge is 0.495 e. The van der Waals surface area contributed by atoms with Crippen LogP contribution in [-0.2, 0) is 4.79 Å². The van der Waals surface area contributed by atoms with Gasteiger partial charge in [-0.1, -0.05) is 18.7 Å². The summed E-state index contributed by atoms with van der Waals surface area (Å²) < 4.78 is 7.57. The molecule has 0 bridgehead atoms. The van der Waals surface area contributed by atoms with Crippen LogP contribution in [0.4, 0.5) is 23.1 Å². The maximum Gasteiger partial charge on any atom is 0.243 e. The van der Waals surface area contributed by atoms with Crippen LogP contribution < -0.4 is 26.0 Å². The fourth-order valence-electron chi connectivity index (χ4n) is 4.56. The summed E-state index contributed by atoms with van der Waals surface area (Å²) in [5, 5.41) is 6.16. The maximum atomic E-state index is 11.8. The summed E-state index contributed by atoms with van der Waals surface area (Å²) >= 11 is 0. The third-order valence-corrected chi connectivity index (χ3v) is 6.59. The molecule has 37 heavy (non-hydrogen) atoms. The summed E-state index contributed by atoms with van der Waals surface area (Å²) in [4.78, 5) is 30.0. The van der Waals surface area contributed by atoms with Gasteiger partial charge in [0.2, 0.25) is 11.9 Å². The molecule has 1 amide bonds. The van der Waals surface area contributed by atoms with Crippen molar-refractivity contribution in [3.05, 3.63) is 55.4 Å². The van der Waals surface area contributed by atoms with Gasteiger partial charge < -0.3 is 30.9 Å². The maximum absolute atomic E-state index is 11.8. The summed E-state index contributed by atoms with van der Waals surface area (Å²) in [5.41, 5.74) is 10.1. The van der Waals surface area contributed by atoms with Gasteiger partial charge in [0.1, 0.15) is 12.1 Å². The molecular formula is C26H31N9O2. The molecule has 1 atom stereocenters. The van der Waals surface area contributed by atoms with Gasteiger partial charge in [-0.15, -0.1) is 0 Å². The van der Waals surface area contributed by atoms with Crippen LogP contribution in [0, 0.1) is 0 Å². The average molecular weight is 502 g/mol. The normalized spacial score (nSPS) is 17.9. The molecule has 5 rings (SSSR count). The van der Waals surface area contributed by atoms with E-state index < -0.39 is 0 Å². The minimum Gasteiger partial charge on any atom is -0.495 e. The number of hydrogen-bond donors (Lipinski definition) is 3. The number of anilines is 4. The van der Waals surface area contributed by atoms with Crippen molar-refractivity contribution in [1.82, 2.24) is 29.7 Å². The van der Waals surface area contributed by atoms with Gasteiger partial charge in [-0.05, 0) is 31.3 Å². The number of carbonyl (C=O) groups excluding carboxylic acids is 1. The van der Waals surface area contributed by atoms with Crippen LogP contribution in [0.25, 0.3) is 16.9 Å². The van der Waals surface area contributed by atoms with Crippen molar-refractivity contribution >= 4 is 45.9 Å². The van der Waals surface area contributed by atoms with Crippen molar-refractivity contribution in [2.75, 3.05) is 56.3 Å². The van der Waals surface area contributed by atoms with Crippen LogP contribution in [0.2, 0.25) is 0 Å². The number of methoxy groups -OCH3 is 1. The van der Waals surface area contributed by atoms with Gasteiger partial charge in [0.25, 0.3) is 0 Å². The number of ether oxygens (including phenoxy) is 1. The van der Waals surface area contributed by atoms with E-state index in [1.54, 1.807) is 13.4 Å². The molecule has 0 spiro atoms. The Bertz CT molecular complexity index is 1390. The molecule has 0 saturated carbocycles. The van der Waals surface area contributed by atoms with E-state index in [4.69, 9.17) is 15.5 Å². The number of benzene rings is 1. The second-order valence-electron chi connectivity index (χ2n) is 9.09. The van der Waals surface area contributed by atoms with Crippen LogP contribution in [0.1, 0.15) is 6.42 Å². The Hall–Kier alpha value is -4.38. The van der Waals surface area contributed by atoms with Gasteiger partial charge in [0.15, 0.2) is 17.0 Å². The SMILES string of the molecule is C=CC(=O)NC1C=CC=C(n2cnc3c(N)nc(Nc4ccc(N5CCN(C)CC5)c(OC)c4)nc32)C1. The van der Waals surface area contributed by atoms with Crippen LogP contribution in [0.5, 0.6) is 5.75 Å². The number of nitrogens with one attached hydrogen (secondary N) is 2. The number of hydrogen-bond acceptors (Lipinski definition) is 9. The summed E-state index contributed by atoms with van der Waals surface area (Å²) in [6.45, 7) is 7.43. The Morgan fingerprint density at radius 3 is 2.81 bits per heavy atom. The third-order valence-electron chi connectivity index (χ3n) is 6.59. The Morgan fingerprint density at radius 1 is 1.24 bits per heavy atom. The van der Waals surface area contributed by atoms with E-state index in [0.29, 0.717) is 23.5 Å². The standard InChI is InChI=1S/C26H31N9O2/c1-4-22(36)29-17-6-5-7-19(14-17)35-16-28-23-24(27)31-26(32-25(23)35)30-18-8-9-20(21(15-18)37-3)34-12-10-33(2)11-13-34/h4-9,15-17H,1,10-14H2,2-3H3,(H,29,36)(H3,27,30,31,32). The number of imidazole rings is 1. The highest BCUT2D eigenvalue weighted by Crippen LogP contribution is 2.33. The Kier molecular flexibility index (Phi) is 6.78. The van der Waals surface area contributed by atoms with E-state index in [0.717, 1.165) is 49.0 Å². The summed E-state index contributed by atoms with van der Waals surface area (Å²) in [6.07, 6.45) is 9.29. The summed E-state index contributed by atoms with van der Waals surface area (Å²) in [6, 6.07) is 5.82. The number of nitrogens with zero attached hydrogens (tertiary/aromatic N) is 6. The zero-order valence-corrected chi connectivity index (χ0v) is 21.0. The molecule has 1 aliphatic heterocycles.